The SMILES string of the molecule is COCc1noc(C2CCCCN2C(=O)CCc2ccccc2)n1. The number of amides is 1. The zero-order valence-electron chi connectivity index (χ0n) is 14.0. The fourth-order valence-electron chi connectivity index (χ4n) is 3.12. The van der Waals surface area contributed by atoms with Gasteiger partial charge in [-0.15, -0.1) is 0 Å². The van der Waals surface area contributed by atoms with E-state index >= 15 is 0 Å². The van der Waals surface area contributed by atoms with Gasteiger partial charge < -0.3 is 14.2 Å². The summed E-state index contributed by atoms with van der Waals surface area (Å²) in [5, 5.41) is 3.92. The summed E-state index contributed by atoms with van der Waals surface area (Å²) in [4.78, 5) is 19.0. The van der Waals surface area contributed by atoms with Gasteiger partial charge in [-0.2, -0.15) is 4.98 Å². The number of ether oxygens (including phenoxy) is 1. The van der Waals surface area contributed by atoms with Crippen LogP contribution in [0.15, 0.2) is 34.9 Å². The van der Waals surface area contributed by atoms with Gasteiger partial charge in [0.1, 0.15) is 12.6 Å². The Balaban J connectivity index is 1.65. The lowest BCUT2D eigenvalue weighted by molar-refractivity contribution is -0.135. The summed E-state index contributed by atoms with van der Waals surface area (Å²) >= 11 is 0. The van der Waals surface area contributed by atoms with Crippen LogP contribution in [0.5, 0.6) is 0 Å². The Bertz CT molecular complexity index is 657. The van der Waals surface area contributed by atoms with Crippen molar-refractivity contribution in [1.29, 1.82) is 0 Å². The van der Waals surface area contributed by atoms with Gasteiger partial charge in [0.2, 0.25) is 11.8 Å². The number of aromatic nitrogens is 2. The van der Waals surface area contributed by atoms with E-state index in [0.29, 0.717) is 24.7 Å². The molecule has 1 aliphatic rings. The van der Waals surface area contributed by atoms with Crippen LogP contribution in [-0.2, 0) is 22.6 Å². The molecule has 1 aliphatic heterocycles. The highest BCUT2D eigenvalue weighted by molar-refractivity contribution is 5.77. The molecule has 6 nitrogen and oxygen atoms in total. The number of piperidine rings is 1. The van der Waals surface area contributed by atoms with Crippen molar-refractivity contribution in [2.24, 2.45) is 0 Å². The van der Waals surface area contributed by atoms with E-state index in [9.17, 15) is 4.79 Å². The maximum Gasteiger partial charge on any atom is 0.249 e. The molecule has 1 amide bonds. The molecule has 128 valence electrons. The van der Waals surface area contributed by atoms with Crippen molar-refractivity contribution in [1.82, 2.24) is 15.0 Å². The predicted octanol–water partition coefficient (Wildman–Crippen LogP) is 2.90. The standard InChI is InChI=1S/C18H23N3O3/c1-23-13-16-19-18(24-20-16)15-9-5-6-12-21(15)17(22)11-10-14-7-3-2-4-8-14/h2-4,7-8,15H,5-6,9-13H2,1H3. The van der Waals surface area contributed by atoms with Crippen molar-refractivity contribution in [3.63, 3.8) is 0 Å². The average molecular weight is 329 g/mol. The van der Waals surface area contributed by atoms with Gasteiger partial charge >= 0.3 is 0 Å². The first-order valence-corrected chi connectivity index (χ1v) is 8.42. The molecule has 0 aliphatic carbocycles. The molecule has 1 unspecified atom stereocenters. The normalized spacial score (nSPS) is 17.9. The number of hydrogen-bond acceptors (Lipinski definition) is 5. The first-order valence-electron chi connectivity index (χ1n) is 8.42. The molecule has 0 radical (unpaired) electrons. The van der Waals surface area contributed by atoms with Crippen LogP contribution in [0.4, 0.5) is 0 Å². The number of carbonyl (C=O) groups is 1. The molecule has 0 spiro atoms. The van der Waals surface area contributed by atoms with Crippen LogP contribution < -0.4 is 0 Å². The second-order valence-electron chi connectivity index (χ2n) is 6.07. The van der Waals surface area contributed by atoms with Crippen LogP contribution in [0.1, 0.15) is 49.0 Å². The molecular formula is C18H23N3O3. The number of benzene rings is 1. The fraction of sp³-hybridized carbons (Fsp3) is 0.500. The smallest absolute Gasteiger partial charge is 0.249 e. The lowest BCUT2D eigenvalue weighted by Crippen LogP contribution is -2.38. The number of rotatable bonds is 6. The Hall–Kier alpha value is -2.21. The second-order valence-corrected chi connectivity index (χ2v) is 6.07. The highest BCUT2D eigenvalue weighted by Crippen LogP contribution is 2.30. The largest absolute Gasteiger partial charge is 0.377 e. The lowest BCUT2D eigenvalue weighted by atomic mass is 10.0. The second kappa shape index (κ2) is 8.06. The minimum atomic E-state index is -0.111. The van der Waals surface area contributed by atoms with Crippen molar-refractivity contribution < 1.29 is 14.1 Å². The summed E-state index contributed by atoms with van der Waals surface area (Å²) in [5.41, 5.74) is 1.18. The number of carbonyl (C=O) groups excluding carboxylic acids is 1. The molecule has 0 bridgehead atoms. The van der Waals surface area contributed by atoms with Gasteiger partial charge in [0.15, 0.2) is 5.82 Å². The molecule has 1 saturated heterocycles. The van der Waals surface area contributed by atoms with Crippen molar-refractivity contribution in [2.45, 2.75) is 44.8 Å². The summed E-state index contributed by atoms with van der Waals surface area (Å²) in [5.74, 6) is 1.19. The molecule has 0 N–H and O–H groups in total. The maximum absolute atomic E-state index is 12.7. The number of hydrogen-bond donors (Lipinski definition) is 0. The van der Waals surface area contributed by atoms with Gasteiger partial charge in [0.05, 0.1) is 0 Å². The average Bonchev–Trinajstić information content (AvgIpc) is 3.09. The van der Waals surface area contributed by atoms with E-state index in [1.807, 2.05) is 23.1 Å². The van der Waals surface area contributed by atoms with Gasteiger partial charge in [0, 0.05) is 20.1 Å². The molecule has 0 saturated carbocycles. The van der Waals surface area contributed by atoms with Crippen molar-refractivity contribution in [3.8, 4) is 0 Å². The van der Waals surface area contributed by atoms with Gasteiger partial charge in [-0.25, -0.2) is 0 Å². The van der Waals surface area contributed by atoms with Crippen LogP contribution in [-0.4, -0.2) is 34.6 Å². The summed E-state index contributed by atoms with van der Waals surface area (Å²) in [7, 11) is 1.59. The van der Waals surface area contributed by atoms with E-state index in [2.05, 4.69) is 22.3 Å². The third-order valence-electron chi connectivity index (χ3n) is 4.34. The summed E-state index contributed by atoms with van der Waals surface area (Å²) in [6, 6.07) is 9.98. The molecule has 3 rings (SSSR count). The quantitative estimate of drug-likeness (QED) is 0.815. The Kier molecular flexibility index (Phi) is 5.59. The number of methoxy groups -OCH3 is 1. The van der Waals surface area contributed by atoms with Crippen molar-refractivity contribution in [3.05, 3.63) is 47.6 Å². The molecule has 1 aromatic heterocycles. The van der Waals surface area contributed by atoms with Crippen LogP contribution in [0.3, 0.4) is 0 Å². The van der Waals surface area contributed by atoms with Crippen LogP contribution in [0.2, 0.25) is 0 Å². The fourth-order valence-corrected chi connectivity index (χ4v) is 3.12. The molecule has 1 aromatic carbocycles. The number of aryl methyl sites for hydroxylation is 1. The van der Waals surface area contributed by atoms with E-state index < -0.39 is 0 Å². The molecule has 6 heteroatoms. The van der Waals surface area contributed by atoms with Crippen LogP contribution >= 0.6 is 0 Å². The minimum absolute atomic E-state index is 0.111. The highest BCUT2D eigenvalue weighted by Gasteiger charge is 2.31. The third-order valence-corrected chi connectivity index (χ3v) is 4.34. The Labute approximate surface area is 141 Å². The zero-order valence-corrected chi connectivity index (χ0v) is 14.0. The van der Waals surface area contributed by atoms with Crippen LogP contribution in [0.25, 0.3) is 0 Å². The van der Waals surface area contributed by atoms with Crippen molar-refractivity contribution >= 4 is 5.91 Å². The Morgan fingerprint density at radius 2 is 2.17 bits per heavy atom. The van der Waals surface area contributed by atoms with E-state index in [1.165, 1.54) is 5.56 Å². The number of nitrogens with zero attached hydrogens (tertiary/aromatic N) is 3. The van der Waals surface area contributed by atoms with Gasteiger partial charge in [0.25, 0.3) is 0 Å². The maximum atomic E-state index is 12.7. The van der Waals surface area contributed by atoms with Gasteiger partial charge in [-0.05, 0) is 31.2 Å². The van der Waals surface area contributed by atoms with E-state index in [0.717, 1.165) is 32.2 Å². The molecule has 1 atom stereocenters. The van der Waals surface area contributed by atoms with E-state index in [4.69, 9.17) is 9.26 Å². The molecular weight excluding hydrogens is 306 g/mol. The highest BCUT2D eigenvalue weighted by atomic mass is 16.5. The van der Waals surface area contributed by atoms with E-state index in [-0.39, 0.29) is 11.9 Å². The van der Waals surface area contributed by atoms with Crippen LogP contribution in [0, 0.1) is 0 Å². The Morgan fingerprint density at radius 1 is 1.33 bits per heavy atom. The van der Waals surface area contributed by atoms with Gasteiger partial charge in [-0.3, -0.25) is 4.79 Å². The number of likely N-dealkylation sites (tertiary alicyclic amines) is 1. The third kappa shape index (κ3) is 4.00. The summed E-state index contributed by atoms with van der Waals surface area (Å²) in [6.45, 7) is 1.07. The molecule has 1 fully saturated rings. The molecule has 24 heavy (non-hydrogen) atoms. The Morgan fingerprint density at radius 3 is 2.96 bits per heavy atom. The van der Waals surface area contributed by atoms with E-state index in [1.54, 1.807) is 7.11 Å². The zero-order chi connectivity index (χ0) is 16.8. The monoisotopic (exact) mass is 329 g/mol. The van der Waals surface area contributed by atoms with Crippen molar-refractivity contribution in [2.75, 3.05) is 13.7 Å². The summed E-state index contributed by atoms with van der Waals surface area (Å²) in [6.07, 6.45) is 4.20. The minimum Gasteiger partial charge on any atom is -0.377 e. The first kappa shape index (κ1) is 16.6. The molecule has 2 heterocycles. The molecule has 2 aromatic rings. The lowest BCUT2D eigenvalue weighted by Gasteiger charge is -2.33. The van der Waals surface area contributed by atoms with Gasteiger partial charge in [-0.1, -0.05) is 35.5 Å². The first-order chi connectivity index (χ1) is 11.8. The summed E-state index contributed by atoms with van der Waals surface area (Å²) < 4.78 is 10.4. The topological polar surface area (TPSA) is 68.5 Å². The predicted molar refractivity (Wildman–Crippen MR) is 88.1 cm³/mol.